The first-order chi connectivity index (χ1) is 22.5. The normalized spacial score (nSPS) is 14.8. The van der Waals surface area contributed by atoms with Crippen LogP contribution in [0.1, 0.15) is 72.8 Å². The molecule has 0 radical (unpaired) electrons. The summed E-state index contributed by atoms with van der Waals surface area (Å²) in [5.74, 6) is -0.399. The third-order valence-electron chi connectivity index (χ3n) is 10.0. The highest BCUT2D eigenvalue weighted by Gasteiger charge is 2.40. The van der Waals surface area contributed by atoms with E-state index in [1.54, 1.807) is 23.5 Å². The molecule has 6 aromatic rings. The largest absolute Gasteiger partial charge is 0.300 e. The summed E-state index contributed by atoms with van der Waals surface area (Å²) in [5.41, 5.74) is 13.1. The second kappa shape index (κ2) is 10.5. The third kappa shape index (κ3) is 4.39. The van der Waals surface area contributed by atoms with Gasteiger partial charge in [0, 0.05) is 26.8 Å². The summed E-state index contributed by atoms with van der Waals surface area (Å²) in [7, 11) is 0. The summed E-state index contributed by atoms with van der Waals surface area (Å²) < 4.78 is 0. The van der Waals surface area contributed by atoms with Crippen LogP contribution < -0.4 is 4.90 Å². The molecule has 2 aliphatic rings. The SMILES string of the molecule is Cc1cc(C)c(-c2ccc3c(c2)C(C)(C)c2cc(C=C4C(=O)c5ccccc5C4=O)sc2N3c2c(C)ccc3ccccc23)c(C)c1. The maximum Gasteiger partial charge on any atom is 0.197 e. The van der Waals surface area contributed by atoms with E-state index in [-0.39, 0.29) is 22.6 Å². The number of ketones is 2. The molecule has 3 nitrogen and oxygen atoms in total. The number of nitrogens with zero attached hydrogens (tertiary/aromatic N) is 1. The van der Waals surface area contributed by atoms with Gasteiger partial charge in [0.25, 0.3) is 0 Å². The van der Waals surface area contributed by atoms with Crippen molar-refractivity contribution in [2.45, 2.75) is 47.0 Å². The molecule has 0 atom stereocenters. The number of thiophene rings is 1. The molecular formula is C43H35NO2S. The molecule has 230 valence electrons. The lowest BCUT2D eigenvalue weighted by Crippen LogP contribution is -2.29. The molecule has 1 aliphatic heterocycles. The zero-order valence-electron chi connectivity index (χ0n) is 27.5. The summed E-state index contributed by atoms with van der Waals surface area (Å²) >= 11 is 1.64. The minimum atomic E-state index is -0.345. The van der Waals surface area contributed by atoms with Crippen molar-refractivity contribution in [1.82, 2.24) is 0 Å². The van der Waals surface area contributed by atoms with E-state index in [0.717, 1.165) is 21.3 Å². The van der Waals surface area contributed by atoms with Crippen LogP contribution in [0.2, 0.25) is 0 Å². The summed E-state index contributed by atoms with van der Waals surface area (Å²) in [6.45, 7) is 13.3. The van der Waals surface area contributed by atoms with Crippen LogP contribution in [0.3, 0.4) is 0 Å². The third-order valence-corrected chi connectivity index (χ3v) is 11.1. The standard InChI is InChI=1S/C43H35NO2S/c1-24-19-26(3)38(27(4)20-24)29-17-18-37-35(21-29)43(5,6)36-23-30(22-34-40(45)32-13-9-10-14-33(32)41(34)46)47-42(36)44(37)39-25(2)15-16-28-11-7-8-12-31(28)39/h7-23H,1-6H3. The second-order valence-electron chi connectivity index (χ2n) is 13.5. The smallest absolute Gasteiger partial charge is 0.197 e. The van der Waals surface area contributed by atoms with Gasteiger partial charge in [-0.15, -0.1) is 11.3 Å². The van der Waals surface area contributed by atoms with Crippen LogP contribution in [0.4, 0.5) is 16.4 Å². The van der Waals surface area contributed by atoms with Crippen molar-refractivity contribution in [2.75, 3.05) is 4.90 Å². The molecule has 47 heavy (non-hydrogen) atoms. The first-order valence-corrected chi connectivity index (χ1v) is 16.9. The van der Waals surface area contributed by atoms with Gasteiger partial charge in [-0.25, -0.2) is 0 Å². The Morgan fingerprint density at radius 1 is 0.681 bits per heavy atom. The Balaban J connectivity index is 1.38. The first kappa shape index (κ1) is 29.3. The van der Waals surface area contributed by atoms with Crippen LogP contribution >= 0.6 is 11.3 Å². The number of aryl methyl sites for hydroxylation is 4. The lowest BCUT2D eigenvalue weighted by molar-refractivity contribution is 0.0990. The quantitative estimate of drug-likeness (QED) is 0.144. The molecule has 0 bridgehead atoms. The molecular weight excluding hydrogens is 595 g/mol. The van der Waals surface area contributed by atoms with Gasteiger partial charge in [0.15, 0.2) is 11.6 Å². The Kier molecular flexibility index (Phi) is 6.54. The topological polar surface area (TPSA) is 37.4 Å². The highest BCUT2D eigenvalue weighted by atomic mass is 32.1. The van der Waals surface area contributed by atoms with Gasteiger partial charge in [0.1, 0.15) is 5.00 Å². The average Bonchev–Trinajstić information content (AvgIpc) is 3.58. The molecule has 4 heteroatoms. The van der Waals surface area contributed by atoms with Crippen LogP contribution in [-0.4, -0.2) is 11.6 Å². The molecule has 0 unspecified atom stereocenters. The van der Waals surface area contributed by atoms with E-state index in [9.17, 15) is 9.59 Å². The number of hydrogen-bond donors (Lipinski definition) is 0. The Morgan fingerprint density at radius 3 is 2.04 bits per heavy atom. The number of benzene rings is 5. The monoisotopic (exact) mass is 629 g/mol. The fourth-order valence-electron chi connectivity index (χ4n) is 7.79. The summed E-state index contributed by atoms with van der Waals surface area (Å²) in [6, 6.07) is 33.7. The summed E-state index contributed by atoms with van der Waals surface area (Å²) in [5, 5.41) is 3.48. The molecule has 1 aliphatic carbocycles. The van der Waals surface area contributed by atoms with E-state index in [4.69, 9.17) is 0 Å². The van der Waals surface area contributed by atoms with Crippen molar-refractivity contribution >= 4 is 56.1 Å². The number of rotatable bonds is 3. The molecule has 8 rings (SSSR count). The van der Waals surface area contributed by atoms with Gasteiger partial charge in [-0.2, -0.15) is 0 Å². The Bertz CT molecular complexity index is 2310. The Morgan fingerprint density at radius 2 is 1.34 bits per heavy atom. The van der Waals surface area contributed by atoms with E-state index < -0.39 is 0 Å². The van der Waals surface area contributed by atoms with Crippen molar-refractivity contribution in [3.8, 4) is 11.1 Å². The van der Waals surface area contributed by atoms with Gasteiger partial charge in [0.05, 0.1) is 16.9 Å². The fraction of sp³-hybridized carbons (Fsp3) is 0.163. The van der Waals surface area contributed by atoms with Crippen LogP contribution in [0, 0.1) is 27.7 Å². The van der Waals surface area contributed by atoms with Gasteiger partial charge >= 0.3 is 0 Å². The molecule has 5 aromatic carbocycles. The highest BCUT2D eigenvalue weighted by molar-refractivity contribution is 7.17. The number of fused-ring (bicyclic) bond motifs is 4. The molecule has 0 saturated carbocycles. The number of hydrogen-bond acceptors (Lipinski definition) is 4. The van der Waals surface area contributed by atoms with E-state index >= 15 is 0 Å². The number of carbonyl (C=O) groups is 2. The van der Waals surface area contributed by atoms with Crippen LogP contribution in [0.5, 0.6) is 0 Å². The second-order valence-corrected chi connectivity index (χ2v) is 14.6. The average molecular weight is 630 g/mol. The number of allylic oxidation sites excluding steroid dienone is 1. The number of carbonyl (C=O) groups excluding carboxylic acids is 2. The molecule has 0 amide bonds. The van der Waals surface area contributed by atoms with Crippen molar-refractivity contribution in [3.05, 3.63) is 152 Å². The Hall–Kier alpha value is -5.06. The maximum absolute atomic E-state index is 13.4. The fourth-order valence-corrected chi connectivity index (χ4v) is 9.07. The van der Waals surface area contributed by atoms with E-state index in [2.05, 4.69) is 119 Å². The number of anilines is 3. The van der Waals surface area contributed by atoms with Crippen LogP contribution in [0.25, 0.3) is 28.0 Å². The lowest BCUT2D eigenvalue weighted by atomic mass is 9.74. The van der Waals surface area contributed by atoms with Gasteiger partial charge in [-0.3, -0.25) is 9.59 Å². The summed E-state index contributed by atoms with van der Waals surface area (Å²) in [6.07, 6.45) is 1.81. The lowest BCUT2D eigenvalue weighted by Gasteiger charge is -2.41. The molecule has 0 spiro atoms. The maximum atomic E-state index is 13.4. The van der Waals surface area contributed by atoms with Gasteiger partial charge in [-0.05, 0) is 96.3 Å². The molecule has 2 heterocycles. The van der Waals surface area contributed by atoms with E-state index in [1.165, 1.54) is 55.3 Å². The van der Waals surface area contributed by atoms with Crippen LogP contribution in [-0.2, 0) is 5.41 Å². The van der Waals surface area contributed by atoms with E-state index in [0.29, 0.717) is 11.1 Å². The van der Waals surface area contributed by atoms with Gasteiger partial charge in [0.2, 0.25) is 0 Å². The predicted molar refractivity (Wildman–Crippen MR) is 196 cm³/mol. The van der Waals surface area contributed by atoms with Crippen molar-refractivity contribution in [3.63, 3.8) is 0 Å². The van der Waals surface area contributed by atoms with E-state index in [1.807, 2.05) is 18.2 Å². The van der Waals surface area contributed by atoms with Crippen molar-refractivity contribution in [1.29, 1.82) is 0 Å². The molecule has 1 aromatic heterocycles. The zero-order chi connectivity index (χ0) is 32.8. The molecule has 0 N–H and O–H groups in total. The van der Waals surface area contributed by atoms with Crippen molar-refractivity contribution in [2.24, 2.45) is 0 Å². The highest BCUT2D eigenvalue weighted by Crippen LogP contribution is 2.57. The molecule has 0 fully saturated rings. The summed E-state index contributed by atoms with van der Waals surface area (Å²) in [4.78, 5) is 30.1. The Labute approximate surface area is 279 Å². The minimum Gasteiger partial charge on any atom is -0.300 e. The van der Waals surface area contributed by atoms with Gasteiger partial charge in [-0.1, -0.05) is 98.3 Å². The predicted octanol–water partition coefficient (Wildman–Crippen LogP) is 11.4. The van der Waals surface area contributed by atoms with Crippen LogP contribution in [0.15, 0.2) is 103 Å². The van der Waals surface area contributed by atoms with Crippen molar-refractivity contribution < 1.29 is 9.59 Å². The minimum absolute atomic E-state index is 0.199. The molecule has 0 saturated heterocycles. The first-order valence-electron chi connectivity index (χ1n) is 16.1. The zero-order valence-corrected chi connectivity index (χ0v) is 28.3. The number of Topliss-reactive ketones (excluding diaryl/α,β-unsaturated/α-hetero) is 2. The van der Waals surface area contributed by atoms with Gasteiger partial charge < -0.3 is 4.90 Å².